The SMILES string of the molecule is CCN(Cc1csc(CN)n1)Cc1ccco1. The molecule has 0 spiro atoms. The van der Waals surface area contributed by atoms with Gasteiger partial charge >= 0.3 is 0 Å². The molecule has 0 aliphatic heterocycles. The van der Waals surface area contributed by atoms with Gasteiger partial charge in [0.1, 0.15) is 10.8 Å². The van der Waals surface area contributed by atoms with Crippen LogP contribution in [0, 0.1) is 0 Å². The van der Waals surface area contributed by atoms with Gasteiger partial charge in [0.2, 0.25) is 0 Å². The third-order valence-electron chi connectivity index (χ3n) is 2.57. The number of rotatable bonds is 6. The summed E-state index contributed by atoms with van der Waals surface area (Å²) in [5.41, 5.74) is 6.64. The Balaban J connectivity index is 1.95. The normalized spacial score (nSPS) is 11.2. The van der Waals surface area contributed by atoms with Crippen LogP contribution in [0.2, 0.25) is 0 Å². The molecule has 0 amide bonds. The van der Waals surface area contributed by atoms with E-state index in [0.29, 0.717) is 6.54 Å². The quantitative estimate of drug-likeness (QED) is 0.855. The van der Waals surface area contributed by atoms with Crippen molar-refractivity contribution in [2.24, 2.45) is 5.73 Å². The highest BCUT2D eigenvalue weighted by atomic mass is 32.1. The van der Waals surface area contributed by atoms with Crippen LogP contribution in [0.3, 0.4) is 0 Å². The van der Waals surface area contributed by atoms with Gasteiger partial charge < -0.3 is 10.2 Å². The molecule has 2 aromatic heterocycles. The third-order valence-corrected chi connectivity index (χ3v) is 3.49. The van der Waals surface area contributed by atoms with Crippen molar-refractivity contribution >= 4 is 11.3 Å². The Morgan fingerprint density at radius 2 is 2.35 bits per heavy atom. The van der Waals surface area contributed by atoms with Crippen molar-refractivity contribution in [3.05, 3.63) is 40.2 Å². The highest BCUT2D eigenvalue weighted by Gasteiger charge is 2.09. The minimum absolute atomic E-state index is 0.523. The molecule has 2 aromatic rings. The molecule has 2 heterocycles. The van der Waals surface area contributed by atoms with Gasteiger partial charge in [0, 0.05) is 18.5 Å². The molecular weight excluding hydrogens is 234 g/mol. The van der Waals surface area contributed by atoms with Gasteiger partial charge in [0.15, 0.2) is 0 Å². The van der Waals surface area contributed by atoms with Crippen molar-refractivity contribution in [2.75, 3.05) is 6.54 Å². The number of thiazole rings is 1. The minimum Gasteiger partial charge on any atom is -0.468 e. The summed E-state index contributed by atoms with van der Waals surface area (Å²) >= 11 is 1.62. The van der Waals surface area contributed by atoms with Crippen LogP contribution in [-0.2, 0) is 19.6 Å². The lowest BCUT2D eigenvalue weighted by atomic mass is 10.3. The molecule has 0 saturated carbocycles. The number of nitrogens with zero attached hydrogens (tertiary/aromatic N) is 2. The van der Waals surface area contributed by atoms with Crippen molar-refractivity contribution in [2.45, 2.75) is 26.6 Å². The van der Waals surface area contributed by atoms with Gasteiger partial charge in [0.05, 0.1) is 18.5 Å². The smallest absolute Gasteiger partial charge is 0.117 e. The maximum atomic E-state index is 5.56. The zero-order valence-corrected chi connectivity index (χ0v) is 10.7. The van der Waals surface area contributed by atoms with Crippen LogP contribution < -0.4 is 5.73 Å². The number of aromatic nitrogens is 1. The van der Waals surface area contributed by atoms with Crippen molar-refractivity contribution < 1.29 is 4.42 Å². The van der Waals surface area contributed by atoms with Crippen LogP contribution in [0.15, 0.2) is 28.2 Å². The summed E-state index contributed by atoms with van der Waals surface area (Å²) in [7, 11) is 0. The van der Waals surface area contributed by atoms with E-state index < -0.39 is 0 Å². The van der Waals surface area contributed by atoms with E-state index in [1.54, 1.807) is 17.6 Å². The molecule has 0 unspecified atom stereocenters. The first-order valence-corrected chi connectivity index (χ1v) is 6.58. The summed E-state index contributed by atoms with van der Waals surface area (Å²) in [6.07, 6.45) is 1.71. The van der Waals surface area contributed by atoms with Crippen LogP contribution >= 0.6 is 11.3 Å². The fourth-order valence-corrected chi connectivity index (χ4v) is 2.31. The Labute approximate surface area is 105 Å². The third kappa shape index (κ3) is 3.39. The molecule has 0 bridgehead atoms. The molecule has 0 aliphatic rings. The van der Waals surface area contributed by atoms with E-state index in [2.05, 4.69) is 22.2 Å². The molecule has 0 aliphatic carbocycles. The first kappa shape index (κ1) is 12.3. The number of hydrogen-bond acceptors (Lipinski definition) is 5. The molecule has 0 saturated heterocycles. The van der Waals surface area contributed by atoms with Crippen LogP contribution in [0.5, 0.6) is 0 Å². The van der Waals surface area contributed by atoms with Crippen molar-refractivity contribution in [1.29, 1.82) is 0 Å². The highest BCUT2D eigenvalue weighted by Crippen LogP contribution is 2.13. The van der Waals surface area contributed by atoms with E-state index in [1.807, 2.05) is 12.1 Å². The van der Waals surface area contributed by atoms with Gasteiger partial charge in [-0.1, -0.05) is 6.92 Å². The average molecular weight is 251 g/mol. The second-order valence-corrected chi connectivity index (χ2v) is 4.76. The summed E-state index contributed by atoms with van der Waals surface area (Å²) in [5.74, 6) is 0.987. The van der Waals surface area contributed by atoms with Gasteiger partial charge in [-0.05, 0) is 18.7 Å². The fourth-order valence-electron chi connectivity index (χ4n) is 1.65. The first-order chi connectivity index (χ1) is 8.31. The largest absolute Gasteiger partial charge is 0.468 e. The van der Waals surface area contributed by atoms with E-state index in [9.17, 15) is 0 Å². The highest BCUT2D eigenvalue weighted by molar-refractivity contribution is 7.09. The Bertz CT molecular complexity index is 438. The Kier molecular flexibility index (Phi) is 4.30. The lowest BCUT2D eigenvalue weighted by Crippen LogP contribution is -2.22. The summed E-state index contributed by atoms with van der Waals surface area (Å²) in [4.78, 5) is 6.75. The monoisotopic (exact) mass is 251 g/mol. The minimum atomic E-state index is 0.523. The van der Waals surface area contributed by atoms with Crippen LogP contribution in [0.1, 0.15) is 23.4 Å². The lowest BCUT2D eigenvalue weighted by molar-refractivity contribution is 0.245. The molecule has 92 valence electrons. The molecule has 2 N–H and O–H groups in total. The summed E-state index contributed by atoms with van der Waals surface area (Å²) in [5, 5.41) is 3.07. The molecular formula is C12H17N3OS. The van der Waals surface area contributed by atoms with Gasteiger partial charge in [-0.25, -0.2) is 4.98 Å². The van der Waals surface area contributed by atoms with Crippen molar-refractivity contribution in [1.82, 2.24) is 9.88 Å². The van der Waals surface area contributed by atoms with Crippen LogP contribution in [-0.4, -0.2) is 16.4 Å². The summed E-state index contributed by atoms with van der Waals surface area (Å²) in [6, 6.07) is 3.91. The van der Waals surface area contributed by atoms with Crippen LogP contribution in [0.25, 0.3) is 0 Å². The van der Waals surface area contributed by atoms with Gasteiger partial charge in [-0.15, -0.1) is 11.3 Å². The Morgan fingerprint density at radius 1 is 1.47 bits per heavy atom. The topological polar surface area (TPSA) is 55.3 Å². The fraction of sp³-hybridized carbons (Fsp3) is 0.417. The second-order valence-electron chi connectivity index (χ2n) is 3.82. The van der Waals surface area contributed by atoms with Crippen LogP contribution in [0.4, 0.5) is 0 Å². The lowest BCUT2D eigenvalue weighted by Gasteiger charge is -2.17. The van der Waals surface area contributed by atoms with E-state index in [1.165, 1.54) is 0 Å². The standard InChI is InChI=1S/C12H17N3OS/c1-2-15(8-11-4-3-5-16-11)7-10-9-17-12(6-13)14-10/h3-5,9H,2,6-8,13H2,1H3. The van der Waals surface area contributed by atoms with E-state index in [0.717, 1.165) is 36.1 Å². The zero-order chi connectivity index (χ0) is 12.1. The molecule has 17 heavy (non-hydrogen) atoms. The molecule has 5 heteroatoms. The molecule has 0 aromatic carbocycles. The Hall–Kier alpha value is -1.17. The van der Waals surface area contributed by atoms with E-state index in [4.69, 9.17) is 10.2 Å². The second kappa shape index (κ2) is 5.95. The molecule has 0 fully saturated rings. The number of hydrogen-bond donors (Lipinski definition) is 1. The van der Waals surface area contributed by atoms with Gasteiger partial charge in [-0.3, -0.25) is 4.90 Å². The van der Waals surface area contributed by atoms with Crippen molar-refractivity contribution in [3.8, 4) is 0 Å². The summed E-state index contributed by atoms with van der Waals surface area (Å²) < 4.78 is 5.35. The number of nitrogens with two attached hydrogens (primary N) is 1. The van der Waals surface area contributed by atoms with E-state index >= 15 is 0 Å². The molecule has 0 atom stereocenters. The molecule has 2 rings (SSSR count). The zero-order valence-electron chi connectivity index (χ0n) is 9.93. The average Bonchev–Trinajstić information content (AvgIpc) is 2.99. The Morgan fingerprint density at radius 3 is 2.94 bits per heavy atom. The molecule has 0 radical (unpaired) electrons. The summed E-state index contributed by atoms with van der Waals surface area (Å²) in [6.45, 7) is 5.29. The maximum absolute atomic E-state index is 5.56. The predicted molar refractivity (Wildman–Crippen MR) is 68.5 cm³/mol. The molecule has 4 nitrogen and oxygen atoms in total. The predicted octanol–water partition coefficient (Wildman–Crippen LogP) is 2.22. The van der Waals surface area contributed by atoms with Gasteiger partial charge in [-0.2, -0.15) is 0 Å². The van der Waals surface area contributed by atoms with Gasteiger partial charge in [0.25, 0.3) is 0 Å². The number of furan rings is 1. The maximum Gasteiger partial charge on any atom is 0.117 e. The van der Waals surface area contributed by atoms with E-state index in [-0.39, 0.29) is 0 Å². The van der Waals surface area contributed by atoms with Crippen molar-refractivity contribution in [3.63, 3.8) is 0 Å². The first-order valence-electron chi connectivity index (χ1n) is 5.70.